The predicted molar refractivity (Wildman–Crippen MR) is 124 cm³/mol. The van der Waals surface area contributed by atoms with E-state index >= 15 is 0 Å². The van der Waals surface area contributed by atoms with Gasteiger partial charge in [0.25, 0.3) is 0 Å². The van der Waals surface area contributed by atoms with Crippen LogP contribution in [0, 0.1) is 0 Å². The fraction of sp³-hybridized carbons (Fsp3) is 0.538. The van der Waals surface area contributed by atoms with E-state index in [9.17, 15) is 0 Å². The summed E-state index contributed by atoms with van der Waals surface area (Å²) in [6, 6.07) is 16.0. The minimum absolute atomic E-state index is 0.803. The first-order chi connectivity index (χ1) is 14.3. The molecule has 158 valence electrons. The third-order valence-electron chi connectivity index (χ3n) is 5.11. The van der Waals surface area contributed by atoms with Crippen LogP contribution in [0.2, 0.25) is 0 Å². The minimum atomic E-state index is 0.803. The number of unbranched alkanes of at least 4 members (excludes halogenated alkanes) is 8. The third kappa shape index (κ3) is 9.74. The standard InChI is InChI=1S/C26H38N2O/c1-3-5-6-7-8-9-10-11-15-21-29-26-20-19-25(22-23(26)16-4-2)28-27-24-17-13-12-14-18-24/h12-14,17-20,22H,3-11,15-16,21H2,1-2H3. The van der Waals surface area contributed by atoms with E-state index in [-0.39, 0.29) is 0 Å². The van der Waals surface area contributed by atoms with Gasteiger partial charge in [-0.3, -0.25) is 0 Å². The Bertz CT molecular complexity index is 697. The Labute approximate surface area is 177 Å². The van der Waals surface area contributed by atoms with Gasteiger partial charge in [-0.2, -0.15) is 10.2 Å². The van der Waals surface area contributed by atoms with Gasteiger partial charge < -0.3 is 4.74 Å². The van der Waals surface area contributed by atoms with Crippen molar-refractivity contribution in [1.29, 1.82) is 0 Å². The van der Waals surface area contributed by atoms with Gasteiger partial charge >= 0.3 is 0 Å². The Balaban J connectivity index is 1.74. The summed E-state index contributed by atoms with van der Waals surface area (Å²) < 4.78 is 6.09. The van der Waals surface area contributed by atoms with E-state index in [0.29, 0.717) is 0 Å². The summed E-state index contributed by atoms with van der Waals surface area (Å²) in [5.41, 5.74) is 2.98. The summed E-state index contributed by atoms with van der Waals surface area (Å²) >= 11 is 0. The molecule has 0 bridgehead atoms. The fourth-order valence-electron chi connectivity index (χ4n) is 3.44. The number of rotatable bonds is 15. The van der Waals surface area contributed by atoms with Crippen LogP contribution < -0.4 is 4.74 Å². The highest BCUT2D eigenvalue weighted by atomic mass is 16.5. The summed E-state index contributed by atoms with van der Waals surface area (Å²) in [6.45, 7) is 5.27. The highest BCUT2D eigenvalue weighted by molar-refractivity contribution is 5.48. The molecule has 0 unspecified atom stereocenters. The van der Waals surface area contributed by atoms with E-state index in [1.165, 1.54) is 56.9 Å². The summed E-state index contributed by atoms with van der Waals surface area (Å²) in [6.07, 6.45) is 14.1. The molecular weight excluding hydrogens is 356 g/mol. The number of hydrogen-bond donors (Lipinski definition) is 0. The van der Waals surface area contributed by atoms with Crippen molar-refractivity contribution in [2.45, 2.75) is 84.5 Å². The van der Waals surface area contributed by atoms with Crippen molar-refractivity contribution in [1.82, 2.24) is 0 Å². The second kappa shape index (κ2) is 14.8. The van der Waals surface area contributed by atoms with E-state index in [0.717, 1.165) is 43.0 Å². The maximum Gasteiger partial charge on any atom is 0.122 e. The molecule has 0 aliphatic carbocycles. The number of hydrogen-bond acceptors (Lipinski definition) is 3. The molecule has 3 nitrogen and oxygen atoms in total. The first-order valence-electron chi connectivity index (χ1n) is 11.6. The van der Waals surface area contributed by atoms with Crippen molar-refractivity contribution in [3.8, 4) is 5.75 Å². The molecule has 29 heavy (non-hydrogen) atoms. The molecule has 2 aromatic rings. The Kier molecular flexibility index (Phi) is 11.8. The van der Waals surface area contributed by atoms with E-state index in [1.54, 1.807) is 0 Å². The number of benzene rings is 2. The van der Waals surface area contributed by atoms with Crippen molar-refractivity contribution in [3.63, 3.8) is 0 Å². The van der Waals surface area contributed by atoms with Crippen molar-refractivity contribution >= 4 is 11.4 Å². The van der Waals surface area contributed by atoms with Crippen LogP contribution in [0.3, 0.4) is 0 Å². The van der Waals surface area contributed by atoms with Crippen LogP contribution in [0.25, 0.3) is 0 Å². The highest BCUT2D eigenvalue weighted by Crippen LogP contribution is 2.27. The Hall–Kier alpha value is -2.16. The molecule has 0 amide bonds. The van der Waals surface area contributed by atoms with Crippen molar-refractivity contribution in [3.05, 3.63) is 54.1 Å². The van der Waals surface area contributed by atoms with E-state index < -0.39 is 0 Å². The van der Waals surface area contributed by atoms with Gasteiger partial charge in [0.1, 0.15) is 5.75 Å². The van der Waals surface area contributed by atoms with Crippen molar-refractivity contribution in [2.75, 3.05) is 6.61 Å². The van der Waals surface area contributed by atoms with Gasteiger partial charge in [-0.05, 0) is 48.7 Å². The summed E-state index contributed by atoms with van der Waals surface area (Å²) in [7, 11) is 0. The first-order valence-corrected chi connectivity index (χ1v) is 11.6. The zero-order valence-corrected chi connectivity index (χ0v) is 18.4. The predicted octanol–water partition coefficient (Wildman–Crippen LogP) is 8.96. The molecule has 0 aliphatic heterocycles. The average Bonchev–Trinajstić information content (AvgIpc) is 2.75. The van der Waals surface area contributed by atoms with Crippen LogP contribution in [-0.4, -0.2) is 6.61 Å². The van der Waals surface area contributed by atoms with Crippen LogP contribution in [0.15, 0.2) is 58.8 Å². The first kappa shape index (κ1) is 23.1. The topological polar surface area (TPSA) is 34.0 Å². The molecule has 0 atom stereocenters. The van der Waals surface area contributed by atoms with Gasteiger partial charge in [0, 0.05) is 0 Å². The lowest BCUT2D eigenvalue weighted by atomic mass is 10.1. The van der Waals surface area contributed by atoms with Gasteiger partial charge in [0.2, 0.25) is 0 Å². The van der Waals surface area contributed by atoms with Gasteiger partial charge in [0.05, 0.1) is 18.0 Å². The average molecular weight is 395 g/mol. The van der Waals surface area contributed by atoms with Gasteiger partial charge in [0.15, 0.2) is 0 Å². The zero-order valence-electron chi connectivity index (χ0n) is 18.4. The molecule has 0 radical (unpaired) electrons. The van der Waals surface area contributed by atoms with Crippen LogP contribution >= 0.6 is 0 Å². The SMILES string of the molecule is CCCCCCCCCCCOc1ccc(N=Nc2ccccc2)cc1CCC. The quantitative estimate of drug-likeness (QED) is 0.219. The molecule has 0 spiro atoms. The molecule has 0 aliphatic rings. The normalized spacial score (nSPS) is 11.2. The second-order valence-corrected chi connectivity index (χ2v) is 7.75. The smallest absolute Gasteiger partial charge is 0.122 e. The molecule has 0 heterocycles. The molecular formula is C26H38N2O. The summed E-state index contributed by atoms with van der Waals surface area (Å²) in [4.78, 5) is 0. The van der Waals surface area contributed by atoms with E-state index in [2.05, 4.69) is 36.2 Å². The summed E-state index contributed by atoms with van der Waals surface area (Å²) in [5.74, 6) is 1.00. The van der Waals surface area contributed by atoms with Crippen LogP contribution in [0.5, 0.6) is 5.75 Å². The molecule has 0 fully saturated rings. The highest BCUT2D eigenvalue weighted by Gasteiger charge is 2.05. The number of ether oxygens (including phenoxy) is 1. The Morgan fingerprint density at radius 2 is 1.31 bits per heavy atom. The van der Waals surface area contributed by atoms with Crippen LogP contribution in [0.1, 0.15) is 83.6 Å². The largest absolute Gasteiger partial charge is 0.493 e. The monoisotopic (exact) mass is 394 g/mol. The zero-order chi connectivity index (χ0) is 20.6. The van der Waals surface area contributed by atoms with Gasteiger partial charge in [-0.1, -0.05) is 89.8 Å². The van der Waals surface area contributed by atoms with E-state index in [1.807, 2.05) is 36.4 Å². The maximum atomic E-state index is 6.09. The Morgan fingerprint density at radius 1 is 0.655 bits per heavy atom. The fourth-order valence-corrected chi connectivity index (χ4v) is 3.44. The van der Waals surface area contributed by atoms with Crippen LogP contribution in [0.4, 0.5) is 11.4 Å². The van der Waals surface area contributed by atoms with E-state index in [4.69, 9.17) is 4.74 Å². The van der Waals surface area contributed by atoms with Crippen LogP contribution in [-0.2, 0) is 6.42 Å². The second-order valence-electron chi connectivity index (χ2n) is 7.75. The molecule has 0 saturated heterocycles. The molecule has 0 aromatic heterocycles. The van der Waals surface area contributed by atoms with Gasteiger partial charge in [-0.15, -0.1) is 0 Å². The molecule has 2 rings (SSSR count). The summed E-state index contributed by atoms with van der Waals surface area (Å²) in [5, 5.41) is 8.71. The molecule has 0 N–H and O–H groups in total. The van der Waals surface area contributed by atoms with Gasteiger partial charge in [-0.25, -0.2) is 0 Å². The number of azo groups is 1. The van der Waals surface area contributed by atoms with Crippen molar-refractivity contribution in [2.24, 2.45) is 10.2 Å². The number of aryl methyl sites for hydroxylation is 1. The molecule has 3 heteroatoms. The Morgan fingerprint density at radius 3 is 2.00 bits per heavy atom. The van der Waals surface area contributed by atoms with Crippen molar-refractivity contribution < 1.29 is 4.74 Å². The minimum Gasteiger partial charge on any atom is -0.493 e. The molecule has 2 aromatic carbocycles. The number of nitrogens with zero attached hydrogens (tertiary/aromatic N) is 2. The lowest BCUT2D eigenvalue weighted by Crippen LogP contribution is -2.00. The molecule has 0 saturated carbocycles. The lowest BCUT2D eigenvalue weighted by Gasteiger charge is -2.11. The third-order valence-corrected chi connectivity index (χ3v) is 5.11. The maximum absolute atomic E-state index is 6.09. The lowest BCUT2D eigenvalue weighted by molar-refractivity contribution is 0.301.